The lowest BCUT2D eigenvalue weighted by atomic mass is 9.98. The molecule has 0 radical (unpaired) electrons. The molecular weight excluding hydrogens is 152 g/mol. The molecule has 0 aromatic rings. The lowest BCUT2D eigenvalue weighted by molar-refractivity contribution is -0.126. The zero-order valence-electron chi connectivity index (χ0n) is 8.22. The summed E-state index contributed by atoms with van der Waals surface area (Å²) in [5, 5.41) is 0. The molecule has 2 heteroatoms. The Morgan fingerprint density at radius 1 is 1.17 bits per heavy atom. The molecule has 0 heterocycles. The summed E-state index contributed by atoms with van der Waals surface area (Å²) in [6.45, 7) is 5.74. The largest absolute Gasteiger partial charge is 0.300 e. The number of carbonyl (C=O) groups excluding carboxylic acids is 2. The molecule has 0 aromatic heterocycles. The molecule has 0 N–H and O–H groups in total. The van der Waals surface area contributed by atoms with Gasteiger partial charge in [0, 0.05) is 25.2 Å². The minimum Gasteiger partial charge on any atom is -0.300 e. The first kappa shape index (κ1) is 11.3. The maximum Gasteiger partial charge on any atom is 0.136 e. The minimum absolute atomic E-state index is 0.120. The summed E-state index contributed by atoms with van der Waals surface area (Å²) < 4.78 is 0. The van der Waals surface area contributed by atoms with Crippen molar-refractivity contribution in [1.82, 2.24) is 0 Å². The Labute approximate surface area is 74.3 Å². The van der Waals surface area contributed by atoms with Crippen LogP contribution in [0.5, 0.6) is 0 Å². The summed E-state index contributed by atoms with van der Waals surface area (Å²) in [6.07, 6.45) is 2.29. The highest BCUT2D eigenvalue weighted by Crippen LogP contribution is 2.07. The zero-order valence-corrected chi connectivity index (χ0v) is 8.22. The summed E-state index contributed by atoms with van der Waals surface area (Å²) in [6, 6.07) is 0. The molecule has 70 valence electrons. The van der Waals surface area contributed by atoms with Gasteiger partial charge < -0.3 is 0 Å². The molecule has 0 rings (SSSR count). The molecular formula is C10H18O2. The van der Waals surface area contributed by atoms with E-state index in [-0.39, 0.29) is 17.5 Å². The van der Waals surface area contributed by atoms with Crippen molar-refractivity contribution in [3.05, 3.63) is 0 Å². The second-order valence-electron chi connectivity index (χ2n) is 3.17. The van der Waals surface area contributed by atoms with Crippen molar-refractivity contribution >= 4 is 11.6 Å². The van der Waals surface area contributed by atoms with Gasteiger partial charge in [-0.2, -0.15) is 0 Å². The van der Waals surface area contributed by atoms with Crippen molar-refractivity contribution in [2.24, 2.45) is 5.92 Å². The molecule has 0 aromatic carbocycles. The lowest BCUT2D eigenvalue weighted by Crippen LogP contribution is -2.11. The third-order valence-corrected chi connectivity index (χ3v) is 2.21. The topological polar surface area (TPSA) is 34.1 Å². The summed E-state index contributed by atoms with van der Waals surface area (Å²) >= 11 is 0. The van der Waals surface area contributed by atoms with Crippen molar-refractivity contribution in [2.45, 2.75) is 46.5 Å². The van der Waals surface area contributed by atoms with E-state index in [2.05, 4.69) is 0 Å². The molecule has 0 saturated heterocycles. The Kier molecular flexibility index (Phi) is 5.60. The Morgan fingerprint density at radius 3 is 2.17 bits per heavy atom. The molecule has 0 aliphatic rings. The van der Waals surface area contributed by atoms with Crippen LogP contribution in [0.25, 0.3) is 0 Å². The predicted octanol–water partition coefficient (Wildman–Crippen LogP) is 2.36. The highest BCUT2D eigenvalue weighted by molar-refractivity contribution is 5.86. The third kappa shape index (κ3) is 4.27. The monoisotopic (exact) mass is 170 g/mol. The van der Waals surface area contributed by atoms with Gasteiger partial charge in [-0.15, -0.1) is 0 Å². The van der Waals surface area contributed by atoms with Crippen LogP contribution in [0.3, 0.4) is 0 Å². The minimum atomic E-state index is 0.120. The molecule has 0 amide bonds. The van der Waals surface area contributed by atoms with Crippen molar-refractivity contribution in [3.8, 4) is 0 Å². The van der Waals surface area contributed by atoms with E-state index < -0.39 is 0 Å². The normalized spacial score (nSPS) is 12.6. The molecule has 0 aliphatic heterocycles. The molecule has 0 aliphatic carbocycles. The van der Waals surface area contributed by atoms with Crippen LogP contribution in [0.4, 0.5) is 0 Å². The maximum absolute atomic E-state index is 11.2. The maximum atomic E-state index is 11.2. The Morgan fingerprint density at radius 2 is 1.75 bits per heavy atom. The van der Waals surface area contributed by atoms with E-state index >= 15 is 0 Å². The first-order chi connectivity index (χ1) is 5.61. The van der Waals surface area contributed by atoms with Crippen LogP contribution >= 0.6 is 0 Å². The summed E-state index contributed by atoms with van der Waals surface area (Å²) in [5.41, 5.74) is 0. The Bertz CT molecular complexity index is 161. The quantitative estimate of drug-likeness (QED) is 0.613. The van der Waals surface area contributed by atoms with Crippen LogP contribution in [0.15, 0.2) is 0 Å². The highest BCUT2D eigenvalue weighted by atomic mass is 16.1. The van der Waals surface area contributed by atoms with Gasteiger partial charge in [0.2, 0.25) is 0 Å². The van der Waals surface area contributed by atoms with Crippen LogP contribution in [-0.2, 0) is 9.59 Å². The van der Waals surface area contributed by atoms with E-state index in [0.717, 1.165) is 6.42 Å². The number of carbonyl (C=O) groups is 2. The van der Waals surface area contributed by atoms with Gasteiger partial charge in [-0.25, -0.2) is 0 Å². The number of ketones is 2. The molecule has 1 unspecified atom stereocenters. The number of rotatable bonds is 6. The van der Waals surface area contributed by atoms with Crippen molar-refractivity contribution in [2.75, 3.05) is 0 Å². The van der Waals surface area contributed by atoms with Crippen LogP contribution in [-0.4, -0.2) is 11.6 Å². The van der Waals surface area contributed by atoms with Gasteiger partial charge >= 0.3 is 0 Å². The Balaban J connectivity index is 3.64. The first-order valence-electron chi connectivity index (χ1n) is 4.66. The van der Waals surface area contributed by atoms with E-state index in [1.165, 1.54) is 0 Å². The van der Waals surface area contributed by atoms with Crippen molar-refractivity contribution in [1.29, 1.82) is 0 Å². The number of hydrogen-bond acceptors (Lipinski definition) is 2. The third-order valence-electron chi connectivity index (χ3n) is 2.21. The smallest absolute Gasteiger partial charge is 0.136 e. The first-order valence-corrected chi connectivity index (χ1v) is 4.66. The van der Waals surface area contributed by atoms with E-state index in [1.54, 1.807) is 0 Å². The van der Waals surface area contributed by atoms with Gasteiger partial charge in [-0.3, -0.25) is 9.59 Å². The van der Waals surface area contributed by atoms with Crippen LogP contribution in [0, 0.1) is 5.92 Å². The molecule has 12 heavy (non-hydrogen) atoms. The SMILES string of the molecule is CCC(=O)CCC(=O)C(C)CC. The summed E-state index contributed by atoms with van der Waals surface area (Å²) in [7, 11) is 0. The van der Waals surface area contributed by atoms with E-state index in [4.69, 9.17) is 0 Å². The van der Waals surface area contributed by atoms with Gasteiger partial charge in [0.05, 0.1) is 0 Å². The summed E-state index contributed by atoms with van der Waals surface area (Å²) in [5.74, 6) is 0.528. The molecule has 0 spiro atoms. The average Bonchev–Trinajstić information content (AvgIpc) is 2.11. The van der Waals surface area contributed by atoms with E-state index in [9.17, 15) is 9.59 Å². The fourth-order valence-corrected chi connectivity index (χ4v) is 0.913. The standard InChI is InChI=1S/C10H18O2/c1-4-8(3)10(12)7-6-9(11)5-2/h8H,4-7H2,1-3H3. The number of hydrogen-bond donors (Lipinski definition) is 0. The van der Waals surface area contributed by atoms with Gasteiger partial charge in [-0.05, 0) is 6.42 Å². The van der Waals surface area contributed by atoms with Gasteiger partial charge in [-0.1, -0.05) is 20.8 Å². The van der Waals surface area contributed by atoms with Crippen LogP contribution < -0.4 is 0 Å². The fourth-order valence-electron chi connectivity index (χ4n) is 0.913. The van der Waals surface area contributed by atoms with Gasteiger partial charge in [0.15, 0.2) is 0 Å². The van der Waals surface area contributed by atoms with Crippen molar-refractivity contribution in [3.63, 3.8) is 0 Å². The summed E-state index contributed by atoms with van der Waals surface area (Å²) in [4.78, 5) is 22.1. The van der Waals surface area contributed by atoms with E-state index in [1.807, 2.05) is 20.8 Å². The number of Topliss-reactive ketones (excluding diaryl/α,β-unsaturated/α-hetero) is 2. The van der Waals surface area contributed by atoms with Gasteiger partial charge in [0.25, 0.3) is 0 Å². The lowest BCUT2D eigenvalue weighted by Gasteiger charge is -2.05. The molecule has 0 fully saturated rings. The van der Waals surface area contributed by atoms with E-state index in [0.29, 0.717) is 19.3 Å². The van der Waals surface area contributed by atoms with Gasteiger partial charge in [0.1, 0.15) is 11.6 Å². The van der Waals surface area contributed by atoms with Crippen LogP contribution in [0.1, 0.15) is 46.5 Å². The Hall–Kier alpha value is -0.660. The molecule has 0 bridgehead atoms. The predicted molar refractivity (Wildman–Crippen MR) is 49.0 cm³/mol. The van der Waals surface area contributed by atoms with Crippen LogP contribution in [0.2, 0.25) is 0 Å². The zero-order chi connectivity index (χ0) is 9.56. The molecule has 0 saturated carbocycles. The fraction of sp³-hybridized carbons (Fsp3) is 0.800. The second kappa shape index (κ2) is 5.92. The highest BCUT2D eigenvalue weighted by Gasteiger charge is 2.11. The molecule has 1 atom stereocenters. The average molecular weight is 170 g/mol. The molecule has 2 nitrogen and oxygen atoms in total. The van der Waals surface area contributed by atoms with Crippen molar-refractivity contribution < 1.29 is 9.59 Å². The second-order valence-corrected chi connectivity index (χ2v) is 3.17.